The Morgan fingerprint density at radius 1 is 1.17 bits per heavy atom. The van der Waals surface area contributed by atoms with Gasteiger partial charge < -0.3 is 0 Å². The lowest BCUT2D eigenvalue weighted by Gasteiger charge is -1.94. The largest absolute Gasteiger partial charge is 0.206 e. The Bertz CT molecular complexity index is 365. The van der Waals surface area contributed by atoms with Gasteiger partial charge in [-0.15, -0.1) is 11.3 Å². The Labute approximate surface area is 74.3 Å². The first-order valence-corrected chi connectivity index (χ1v) is 4.46. The van der Waals surface area contributed by atoms with Crippen LogP contribution in [0.2, 0.25) is 0 Å². The Kier molecular flexibility index (Phi) is 1.92. The molecule has 0 aliphatic carbocycles. The maximum absolute atomic E-state index is 12.7. The molecule has 1 heterocycles. The van der Waals surface area contributed by atoms with Crippen molar-refractivity contribution in [2.24, 2.45) is 0 Å². The van der Waals surface area contributed by atoms with Crippen LogP contribution < -0.4 is 0 Å². The van der Waals surface area contributed by atoms with E-state index in [1.54, 1.807) is 17.4 Å². The summed E-state index contributed by atoms with van der Waals surface area (Å²) in [6.07, 6.45) is 0. The first-order valence-electron chi connectivity index (χ1n) is 3.58. The molecule has 0 bridgehead atoms. The monoisotopic (exact) mass is 177 g/mol. The summed E-state index contributed by atoms with van der Waals surface area (Å²) in [6.45, 7) is 0. The van der Waals surface area contributed by atoms with Crippen molar-refractivity contribution in [2.45, 2.75) is 0 Å². The highest BCUT2D eigenvalue weighted by atomic mass is 32.1. The summed E-state index contributed by atoms with van der Waals surface area (Å²) in [5, 5.41) is 1.97. The fraction of sp³-hybridized carbons (Fsp3) is 0. The second kappa shape index (κ2) is 3.07. The molecule has 1 radical (unpaired) electrons. The molecule has 12 heavy (non-hydrogen) atoms. The lowest BCUT2D eigenvalue weighted by molar-refractivity contribution is 0.626. The van der Waals surface area contributed by atoms with Crippen molar-refractivity contribution in [3.63, 3.8) is 0 Å². The van der Waals surface area contributed by atoms with E-state index in [-0.39, 0.29) is 5.82 Å². The fourth-order valence-electron chi connectivity index (χ4n) is 1.02. The number of hydrogen-bond donors (Lipinski definition) is 0. The van der Waals surface area contributed by atoms with Crippen LogP contribution in [0.4, 0.5) is 4.39 Å². The van der Waals surface area contributed by atoms with E-state index >= 15 is 0 Å². The van der Waals surface area contributed by atoms with Crippen molar-refractivity contribution in [3.8, 4) is 10.4 Å². The van der Waals surface area contributed by atoms with Gasteiger partial charge in [0.15, 0.2) is 0 Å². The Morgan fingerprint density at radius 2 is 2.08 bits per heavy atom. The minimum absolute atomic E-state index is 0.305. The number of benzene rings is 1. The molecule has 0 nitrogen and oxygen atoms in total. The molecule has 2 aromatic rings. The molecule has 0 spiro atoms. The van der Waals surface area contributed by atoms with E-state index in [1.165, 1.54) is 6.07 Å². The predicted octanol–water partition coefficient (Wildman–Crippen LogP) is 3.35. The van der Waals surface area contributed by atoms with E-state index in [4.69, 9.17) is 0 Å². The average molecular weight is 177 g/mol. The molecular weight excluding hydrogens is 171 g/mol. The van der Waals surface area contributed by atoms with E-state index in [1.807, 2.05) is 23.6 Å². The highest BCUT2D eigenvalue weighted by Gasteiger charge is 1.98. The molecule has 1 aromatic carbocycles. The van der Waals surface area contributed by atoms with Crippen molar-refractivity contribution in [1.29, 1.82) is 0 Å². The molecule has 2 heteroatoms. The van der Waals surface area contributed by atoms with Gasteiger partial charge in [-0.2, -0.15) is 0 Å². The SMILES string of the molecule is Fc1[c]c(-c2cccs2)ccc1. The van der Waals surface area contributed by atoms with Gasteiger partial charge in [0.2, 0.25) is 0 Å². The minimum atomic E-state index is -0.305. The van der Waals surface area contributed by atoms with E-state index in [0.717, 1.165) is 10.4 Å². The molecule has 0 unspecified atom stereocenters. The van der Waals surface area contributed by atoms with Crippen LogP contribution in [0.15, 0.2) is 35.7 Å². The number of halogens is 1. The van der Waals surface area contributed by atoms with Crippen molar-refractivity contribution >= 4 is 11.3 Å². The molecule has 2 rings (SSSR count). The maximum Gasteiger partial charge on any atom is 0.131 e. The molecule has 0 saturated carbocycles. The van der Waals surface area contributed by atoms with Gasteiger partial charge in [-0.05, 0) is 17.5 Å². The van der Waals surface area contributed by atoms with Crippen molar-refractivity contribution in [2.75, 3.05) is 0 Å². The van der Waals surface area contributed by atoms with Crippen LogP contribution >= 0.6 is 11.3 Å². The van der Waals surface area contributed by atoms with Gasteiger partial charge in [0, 0.05) is 16.5 Å². The van der Waals surface area contributed by atoms with Crippen molar-refractivity contribution in [1.82, 2.24) is 0 Å². The van der Waals surface area contributed by atoms with Crippen LogP contribution in [-0.2, 0) is 0 Å². The van der Waals surface area contributed by atoms with Crippen LogP contribution in [0.5, 0.6) is 0 Å². The van der Waals surface area contributed by atoms with Gasteiger partial charge in [-0.1, -0.05) is 18.2 Å². The predicted molar refractivity (Wildman–Crippen MR) is 48.5 cm³/mol. The van der Waals surface area contributed by atoms with Gasteiger partial charge in [0.05, 0.1) is 0 Å². The highest BCUT2D eigenvalue weighted by molar-refractivity contribution is 7.13. The zero-order valence-electron chi connectivity index (χ0n) is 6.25. The number of hydrogen-bond acceptors (Lipinski definition) is 1. The van der Waals surface area contributed by atoms with E-state index in [9.17, 15) is 4.39 Å². The summed E-state index contributed by atoms with van der Waals surface area (Å²) in [4.78, 5) is 1.05. The summed E-state index contributed by atoms with van der Waals surface area (Å²) in [6, 6.07) is 11.5. The Morgan fingerprint density at radius 3 is 2.75 bits per heavy atom. The normalized spacial score (nSPS) is 10.1. The molecule has 0 aliphatic heterocycles. The molecule has 0 aliphatic rings. The summed E-state index contributed by atoms with van der Waals surface area (Å²) >= 11 is 1.59. The first-order chi connectivity index (χ1) is 5.86. The molecule has 1 aromatic heterocycles. The lowest BCUT2D eigenvalue weighted by atomic mass is 10.2. The summed E-state index contributed by atoms with van der Waals surface area (Å²) in [5.74, 6) is -0.305. The molecule has 0 saturated heterocycles. The molecule has 0 N–H and O–H groups in total. The van der Waals surface area contributed by atoms with Crippen LogP contribution in [0.1, 0.15) is 0 Å². The van der Waals surface area contributed by atoms with E-state index in [0.29, 0.717) is 0 Å². The van der Waals surface area contributed by atoms with E-state index < -0.39 is 0 Å². The molecule has 0 fully saturated rings. The molecular formula is C10H6FS. The second-order valence-electron chi connectivity index (χ2n) is 2.39. The van der Waals surface area contributed by atoms with Crippen LogP contribution in [0.3, 0.4) is 0 Å². The van der Waals surface area contributed by atoms with Crippen LogP contribution in [0.25, 0.3) is 10.4 Å². The van der Waals surface area contributed by atoms with Crippen molar-refractivity contribution < 1.29 is 4.39 Å². The smallest absolute Gasteiger partial charge is 0.131 e. The third-order valence-electron chi connectivity index (χ3n) is 1.55. The molecule has 59 valence electrons. The quantitative estimate of drug-likeness (QED) is 0.626. The molecule has 0 amide bonds. The minimum Gasteiger partial charge on any atom is -0.206 e. The first kappa shape index (κ1) is 7.50. The number of thiophene rings is 1. The second-order valence-corrected chi connectivity index (χ2v) is 3.34. The van der Waals surface area contributed by atoms with Gasteiger partial charge in [-0.3, -0.25) is 0 Å². The van der Waals surface area contributed by atoms with Crippen LogP contribution in [0, 0.1) is 11.9 Å². The topological polar surface area (TPSA) is 0 Å². The highest BCUT2D eigenvalue weighted by Crippen LogP contribution is 2.23. The van der Waals surface area contributed by atoms with Gasteiger partial charge in [-0.25, -0.2) is 4.39 Å². The van der Waals surface area contributed by atoms with Crippen molar-refractivity contribution in [3.05, 3.63) is 47.6 Å². The maximum atomic E-state index is 12.7. The summed E-state index contributed by atoms with van der Waals surface area (Å²) in [7, 11) is 0. The zero-order chi connectivity index (χ0) is 8.39. The van der Waals surface area contributed by atoms with E-state index in [2.05, 4.69) is 6.07 Å². The number of rotatable bonds is 1. The average Bonchev–Trinajstić information content (AvgIpc) is 2.56. The fourth-order valence-corrected chi connectivity index (χ4v) is 1.72. The summed E-state index contributed by atoms with van der Waals surface area (Å²) in [5.41, 5.74) is 0.824. The van der Waals surface area contributed by atoms with Gasteiger partial charge in [0.25, 0.3) is 0 Å². The van der Waals surface area contributed by atoms with Crippen LogP contribution in [-0.4, -0.2) is 0 Å². The Balaban J connectivity index is 2.48. The van der Waals surface area contributed by atoms with Gasteiger partial charge >= 0.3 is 0 Å². The third-order valence-corrected chi connectivity index (χ3v) is 2.45. The Hall–Kier alpha value is -1.15. The summed E-state index contributed by atoms with van der Waals surface area (Å²) < 4.78 is 12.7. The molecule has 0 atom stereocenters. The lowest BCUT2D eigenvalue weighted by Crippen LogP contribution is -1.75. The third kappa shape index (κ3) is 1.38. The van der Waals surface area contributed by atoms with Gasteiger partial charge in [0.1, 0.15) is 5.82 Å². The zero-order valence-corrected chi connectivity index (χ0v) is 7.07. The standard InChI is InChI=1S/C10H6FS/c11-9-4-1-3-8(7-9)10-5-2-6-12-10/h1-6H.